The number of amides is 1. The first kappa shape index (κ1) is 25.8. The lowest BCUT2D eigenvalue weighted by atomic mass is 10.0. The van der Waals surface area contributed by atoms with Gasteiger partial charge in [-0.15, -0.1) is 0 Å². The van der Waals surface area contributed by atoms with Gasteiger partial charge in [-0.2, -0.15) is 5.26 Å². The van der Waals surface area contributed by atoms with Crippen molar-refractivity contribution >= 4 is 27.2 Å². The number of allylic oxidation sites excluding steroid dienone is 1. The molecule has 180 valence electrons. The molecule has 0 saturated heterocycles. The molecule has 0 fully saturated rings. The van der Waals surface area contributed by atoms with E-state index in [-0.39, 0.29) is 16.4 Å². The van der Waals surface area contributed by atoms with Crippen LogP contribution in [0.1, 0.15) is 31.9 Å². The highest BCUT2D eigenvalue weighted by Gasteiger charge is 2.16. The molecule has 0 aromatic heterocycles. The number of carbonyl (C=O) groups is 1. The van der Waals surface area contributed by atoms with E-state index in [1.165, 1.54) is 25.1 Å². The summed E-state index contributed by atoms with van der Waals surface area (Å²) >= 11 is 0. The Morgan fingerprint density at radius 1 is 1.00 bits per heavy atom. The number of rotatable bonds is 8. The maximum absolute atomic E-state index is 14.7. The van der Waals surface area contributed by atoms with Gasteiger partial charge in [-0.05, 0) is 71.5 Å². The highest BCUT2D eigenvalue weighted by atomic mass is 32.2. The number of nitrogens with one attached hydrogen (secondary N) is 2. The third kappa shape index (κ3) is 6.63. The smallest absolute Gasteiger partial charge is 0.284 e. The van der Waals surface area contributed by atoms with Gasteiger partial charge in [-0.25, -0.2) is 17.5 Å². The van der Waals surface area contributed by atoms with Gasteiger partial charge in [-0.3, -0.25) is 4.79 Å². The van der Waals surface area contributed by atoms with E-state index < -0.39 is 21.8 Å². The first-order valence-electron chi connectivity index (χ1n) is 11.0. The highest BCUT2D eigenvalue weighted by Crippen LogP contribution is 2.25. The van der Waals surface area contributed by atoms with E-state index in [1.54, 1.807) is 54.6 Å². The molecule has 8 heteroatoms. The van der Waals surface area contributed by atoms with Gasteiger partial charge in [0.1, 0.15) is 0 Å². The van der Waals surface area contributed by atoms with E-state index >= 15 is 0 Å². The van der Waals surface area contributed by atoms with Crippen molar-refractivity contribution < 1.29 is 17.6 Å². The Morgan fingerprint density at radius 3 is 2.17 bits per heavy atom. The zero-order valence-corrected chi connectivity index (χ0v) is 20.5. The summed E-state index contributed by atoms with van der Waals surface area (Å²) in [7, 11) is -3.57. The Hall–Kier alpha value is -3.80. The molecule has 0 aliphatic rings. The van der Waals surface area contributed by atoms with Gasteiger partial charge in [0.25, 0.3) is 5.91 Å². The van der Waals surface area contributed by atoms with Crippen LogP contribution in [0.3, 0.4) is 0 Å². The van der Waals surface area contributed by atoms with E-state index in [4.69, 9.17) is 5.26 Å². The SMILES string of the molecule is CC(=C(F)C(=O)Nc1ccc(-c2ccc(S(=O)(=O)NCC(C)C)cc2)cc1)c1cccc(C#N)c1. The zero-order valence-electron chi connectivity index (χ0n) is 19.7. The molecule has 2 N–H and O–H groups in total. The number of hydrogen-bond acceptors (Lipinski definition) is 4. The van der Waals surface area contributed by atoms with Crippen LogP contribution in [0.2, 0.25) is 0 Å². The average molecular weight is 492 g/mol. The Labute approximate surface area is 205 Å². The van der Waals surface area contributed by atoms with E-state index in [0.717, 1.165) is 11.1 Å². The van der Waals surface area contributed by atoms with Crippen molar-refractivity contribution in [1.29, 1.82) is 5.26 Å². The number of carbonyl (C=O) groups excluding carboxylic acids is 1. The fourth-order valence-corrected chi connectivity index (χ4v) is 4.45. The molecule has 0 radical (unpaired) electrons. The molecule has 6 nitrogen and oxygen atoms in total. The van der Waals surface area contributed by atoms with E-state index in [9.17, 15) is 17.6 Å². The van der Waals surface area contributed by atoms with Gasteiger partial charge in [-0.1, -0.05) is 50.2 Å². The molecule has 0 spiro atoms. The predicted octanol–water partition coefficient (Wildman–Crippen LogP) is 5.50. The minimum Gasteiger partial charge on any atom is -0.320 e. The van der Waals surface area contributed by atoms with Crippen molar-refractivity contribution in [3.05, 3.63) is 89.8 Å². The third-order valence-electron chi connectivity index (χ3n) is 5.28. The number of anilines is 1. The fourth-order valence-electron chi connectivity index (χ4n) is 3.24. The molecule has 3 aromatic carbocycles. The van der Waals surface area contributed by atoms with Crippen molar-refractivity contribution in [2.45, 2.75) is 25.7 Å². The van der Waals surface area contributed by atoms with Crippen LogP contribution in [0.5, 0.6) is 0 Å². The van der Waals surface area contributed by atoms with Crippen molar-refractivity contribution in [1.82, 2.24) is 4.72 Å². The number of sulfonamides is 1. The summed E-state index contributed by atoms with van der Waals surface area (Å²) in [6.45, 7) is 5.70. The maximum atomic E-state index is 14.7. The predicted molar refractivity (Wildman–Crippen MR) is 135 cm³/mol. The van der Waals surface area contributed by atoms with Gasteiger partial charge in [0.15, 0.2) is 5.83 Å². The lowest BCUT2D eigenvalue weighted by Crippen LogP contribution is -2.27. The Kier molecular flexibility index (Phi) is 8.18. The summed E-state index contributed by atoms with van der Waals surface area (Å²) in [5, 5.41) is 11.5. The summed E-state index contributed by atoms with van der Waals surface area (Å²) in [6, 6.07) is 21.7. The molecule has 3 rings (SSSR count). The molecule has 0 saturated carbocycles. The normalized spacial score (nSPS) is 12.1. The minimum absolute atomic E-state index is 0.133. The van der Waals surface area contributed by atoms with Gasteiger partial charge >= 0.3 is 0 Å². The molecule has 0 aliphatic heterocycles. The van der Waals surface area contributed by atoms with Crippen LogP contribution in [0.4, 0.5) is 10.1 Å². The lowest BCUT2D eigenvalue weighted by molar-refractivity contribution is -0.114. The van der Waals surface area contributed by atoms with E-state index in [2.05, 4.69) is 10.0 Å². The first-order chi connectivity index (χ1) is 16.6. The molecule has 0 heterocycles. The number of hydrogen-bond donors (Lipinski definition) is 2. The molecule has 0 atom stereocenters. The molecule has 3 aromatic rings. The summed E-state index contributed by atoms with van der Waals surface area (Å²) < 4.78 is 42.0. The van der Waals surface area contributed by atoms with Crippen LogP contribution < -0.4 is 10.0 Å². The maximum Gasteiger partial charge on any atom is 0.284 e. The molecular weight excluding hydrogens is 465 g/mol. The van der Waals surface area contributed by atoms with Crippen LogP contribution in [-0.2, 0) is 14.8 Å². The highest BCUT2D eigenvalue weighted by molar-refractivity contribution is 7.89. The fraction of sp³-hybridized carbons (Fsp3) is 0.185. The Balaban J connectivity index is 1.71. The molecule has 0 bridgehead atoms. The number of halogens is 1. The van der Waals surface area contributed by atoms with Crippen LogP contribution in [-0.4, -0.2) is 20.9 Å². The number of nitriles is 1. The van der Waals surface area contributed by atoms with Gasteiger partial charge in [0, 0.05) is 12.2 Å². The second-order valence-electron chi connectivity index (χ2n) is 8.43. The van der Waals surface area contributed by atoms with E-state index in [1.807, 2.05) is 19.9 Å². The van der Waals surface area contributed by atoms with Crippen LogP contribution >= 0.6 is 0 Å². The second kappa shape index (κ2) is 11.1. The second-order valence-corrected chi connectivity index (χ2v) is 10.2. The third-order valence-corrected chi connectivity index (χ3v) is 6.72. The standard InChI is InChI=1S/C27H26FN3O3S/c1-18(2)17-30-35(33,34)25-13-9-22(10-14-25)21-7-11-24(12-8-21)31-27(32)26(28)19(3)23-6-4-5-20(15-23)16-29/h4-15,18,30H,17H2,1-3H3,(H,31,32). The number of nitrogens with zero attached hydrogens (tertiary/aromatic N) is 1. The average Bonchev–Trinajstić information content (AvgIpc) is 2.87. The van der Waals surface area contributed by atoms with Crippen molar-refractivity contribution in [2.24, 2.45) is 5.92 Å². The molecule has 0 unspecified atom stereocenters. The molecule has 0 aliphatic carbocycles. The van der Waals surface area contributed by atoms with Gasteiger partial charge in [0.2, 0.25) is 10.0 Å². The summed E-state index contributed by atoms with van der Waals surface area (Å²) in [5.74, 6) is -1.63. The lowest BCUT2D eigenvalue weighted by Gasteiger charge is -2.10. The van der Waals surface area contributed by atoms with Crippen molar-refractivity contribution in [3.8, 4) is 17.2 Å². The topological polar surface area (TPSA) is 99.1 Å². The zero-order chi connectivity index (χ0) is 25.6. The van der Waals surface area contributed by atoms with Crippen LogP contribution in [0.15, 0.2) is 83.5 Å². The van der Waals surface area contributed by atoms with Crippen LogP contribution in [0.25, 0.3) is 16.7 Å². The Morgan fingerprint density at radius 2 is 1.60 bits per heavy atom. The van der Waals surface area contributed by atoms with Crippen molar-refractivity contribution in [3.63, 3.8) is 0 Å². The summed E-state index contributed by atoms with van der Waals surface area (Å²) in [5.41, 5.74) is 2.98. The van der Waals surface area contributed by atoms with Gasteiger partial charge < -0.3 is 5.32 Å². The summed E-state index contributed by atoms with van der Waals surface area (Å²) in [6.07, 6.45) is 0. The Bertz CT molecular complexity index is 1390. The molecule has 1 amide bonds. The van der Waals surface area contributed by atoms with E-state index in [0.29, 0.717) is 23.4 Å². The molecular formula is C27H26FN3O3S. The first-order valence-corrected chi connectivity index (χ1v) is 12.5. The monoisotopic (exact) mass is 491 g/mol. The van der Waals surface area contributed by atoms with Gasteiger partial charge in [0.05, 0.1) is 16.5 Å². The van der Waals surface area contributed by atoms with Crippen LogP contribution in [0, 0.1) is 17.2 Å². The minimum atomic E-state index is -3.57. The largest absolute Gasteiger partial charge is 0.320 e. The quantitative estimate of drug-likeness (QED) is 0.407. The molecule has 35 heavy (non-hydrogen) atoms. The van der Waals surface area contributed by atoms with Crippen molar-refractivity contribution in [2.75, 3.05) is 11.9 Å². The summed E-state index contributed by atoms with van der Waals surface area (Å²) in [4.78, 5) is 12.6. The number of benzene rings is 3.